The SMILES string of the molecule is COc1ccc(OC2CCN(c3ncnc(-c4ccoc4)c3C)CC2)cn1. The zero-order valence-electron chi connectivity index (χ0n) is 15.5. The minimum absolute atomic E-state index is 0.173. The maximum atomic E-state index is 6.06. The largest absolute Gasteiger partial charge is 0.489 e. The summed E-state index contributed by atoms with van der Waals surface area (Å²) in [6.45, 7) is 3.83. The molecule has 140 valence electrons. The van der Waals surface area contributed by atoms with Gasteiger partial charge in [-0.15, -0.1) is 0 Å². The first-order valence-electron chi connectivity index (χ1n) is 9.00. The number of hydrogen-bond donors (Lipinski definition) is 0. The van der Waals surface area contributed by atoms with E-state index in [1.807, 2.05) is 18.2 Å². The van der Waals surface area contributed by atoms with Gasteiger partial charge in [-0.25, -0.2) is 15.0 Å². The Morgan fingerprint density at radius 3 is 2.63 bits per heavy atom. The van der Waals surface area contributed by atoms with Crippen LogP contribution in [-0.2, 0) is 0 Å². The summed E-state index contributed by atoms with van der Waals surface area (Å²) in [5, 5.41) is 0. The van der Waals surface area contributed by atoms with Crippen LogP contribution in [-0.4, -0.2) is 41.3 Å². The average molecular weight is 366 g/mol. The monoisotopic (exact) mass is 366 g/mol. The molecule has 0 aliphatic carbocycles. The minimum Gasteiger partial charge on any atom is -0.489 e. The van der Waals surface area contributed by atoms with Gasteiger partial charge in [0.05, 0.1) is 31.5 Å². The molecule has 0 saturated carbocycles. The van der Waals surface area contributed by atoms with Crippen LogP contribution in [0.15, 0.2) is 47.7 Å². The lowest BCUT2D eigenvalue weighted by Crippen LogP contribution is -2.39. The summed E-state index contributed by atoms with van der Waals surface area (Å²) < 4.78 is 16.3. The van der Waals surface area contributed by atoms with E-state index in [2.05, 4.69) is 26.8 Å². The molecule has 4 heterocycles. The van der Waals surface area contributed by atoms with Gasteiger partial charge in [0, 0.05) is 43.1 Å². The second-order valence-electron chi connectivity index (χ2n) is 6.52. The van der Waals surface area contributed by atoms with Crippen molar-refractivity contribution in [3.8, 4) is 22.9 Å². The number of rotatable bonds is 5. The molecule has 7 nitrogen and oxygen atoms in total. The van der Waals surface area contributed by atoms with Crippen LogP contribution in [0, 0.1) is 6.92 Å². The van der Waals surface area contributed by atoms with Crippen LogP contribution in [0.3, 0.4) is 0 Å². The van der Waals surface area contributed by atoms with Crippen molar-refractivity contribution in [2.45, 2.75) is 25.9 Å². The van der Waals surface area contributed by atoms with Crippen molar-refractivity contribution >= 4 is 5.82 Å². The van der Waals surface area contributed by atoms with Gasteiger partial charge in [-0.2, -0.15) is 0 Å². The van der Waals surface area contributed by atoms with Crippen LogP contribution in [0.5, 0.6) is 11.6 Å². The molecular formula is C20H22N4O3. The molecule has 0 radical (unpaired) electrons. The number of anilines is 1. The Hall–Kier alpha value is -3.09. The van der Waals surface area contributed by atoms with E-state index in [0.717, 1.165) is 54.3 Å². The quantitative estimate of drug-likeness (QED) is 0.684. The standard InChI is InChI=1S/C20H22N4O3/c1-14-19(15-7-10-26-12-15)22-13-23-20(14)24-8-5-16(6-9-24)27-17-3-4-18(25-2)21-11-17/h3-4,7,10-13,16H,5-6,8-9H2,1-2H3. The van der Waals surface area contributed by atoms with Crippen molar-refractivity contribution in [3.05, 3.63) is 48.8 Å². The number of nitrogens with zero attached hydrogens (tertiary/aromatic N) is 4. The minimum atomic E-state index is 0.173. The predicted octanol–water partition coefficient (Wildman–Crippen LogP) is 3.50. The van der Waals surface area contributed by atoms with Gasteiger partial charge in [-0.3, -0.25) is 0 Å². The van der Waals surface area contributed by atoms with E-state index in [1.165, 1.54) is 0 Å². The molecule has 0 unspecified atom stereocenters. The van der Waals surface area contributed by atoms with E-state index < -0.39 is 0 Å². The van der Waals surface area contributed by atoms with Crippen LogP contribution in [0.4, 0.5) is 5.82 Å². The zero-order valence-corrected chi connectivity index (χ0v) is 15.5. The van der Waals surface area contributed by atoms with Crippen molar-refractivity contribution in [3.63, 3.8) is 0 Å². The third kappa shape index (κ3) is 3.72. The number of methoxy groups -OCH3 is 1. The molecule has 4 rings (SSSR count). The molecule has 3 aromatic heterocycles. The van der Waals surface area contributed by atoms with E-state index in [4.69, 9.17) is 13.9 Å². The number of ether oxygens (including phenoxy) is 2. The number of piperidine rings is 1. The number of pyridine rings is 1. The molecule has 1 saturated heterocycles. The van der Waals surface area contributed by atoms with Crippen molar-refractivity contribution in [2.24, 2.45) is 0 Å². The first-order chi connectivity index (χ1) is 13.2. The highest BCUT2D eigenvalue weighted by molar-refractivity contribution is 5.67. The lowest BCUT2D eigenvalue weighted by molar-refractivity contribution is 0.169. The number of aromatic nitrogens is 3. The maximum absolute atomic E-state index is 6.06. The van der Waals surface area contributed by atoms with Crippen molar-refractivity contribution in [1.29, 1.82) is 0 Å². The van der Waals surface area contributed by atoms with Gasteiger partial charge in [-0.05, 0) is 19.1 Å². The Labute approximate surface area is 158 Å². The van der Waals surface area contributed by atoms with E-state index >= 15 is 0 Å². The van der Waals surface area contributed by atoms with Crippen molar-refractivity contribution < 1.29 is 13.9 Å². The third-order valence-corrected chi connectivity index (χ3v) is 4.81. The normalized spacial score (nSPS) is 15.0. The molecule has 0 N–H and O–H groups in total. The van der Waals surface area contributed by atoms with Gasteiger partial charge in [0.2, 0.25) is 5.88 Å². The summed E-state index contributed by atoms with van der Waals surface area (Å²) in [5.41, 5.74) is 2.95. The van der Waals surface area contributed by atoms with E-state index in [-0.39, 0.29) is 6.10 Å². The third-order valence-electron chi connectivity index (χ3n) is 4.81. The van der Waals surface area contributed by atoms with Gasteiger partial charge in [0.15, 0.2) is 0 Å². The van der Waals surface area contributed by atoms with E-state index in [9.17, 15) is 0 Å². The van der Waals surface area contributed by atoms with Crippen LogP contribution in [0.2, 0.25) is 0 Å². The molecule has 7 heteroatoms. The van der Waals surface area contributed by atoms with Crippen LogP contribution >= 0.6 is 0 Å². The Morgan fingerprint density at radius 1 is 1.11 bits per heavy atom. The fourth-order valence-corrected chi connectivity index (χ4v) is 3.39. The highest BCUT2D eigenvalue weighted by Gasteiger charge is 2.24. The van der Waals surface area contributed by atoms with Gasteiger partial charge in [0.1, 0.15) is 24.0 Å². The highest BCUT2D eigenvalue weighted by atomic mass is 16.5. The molecule has 0 amide bonds. The topological polar surface area (TPSA) is 73.5 Å². The lowest BCUT2D eigenvalue weighted by Gasteiger charge is -2.33. The fraction of sp³-hybridized carbons (Fsp3) is 0.350. The predicted molar refractivity (Wildman–Crippen MR) is 101 cm³/mol. The molecule has 0 atom stereocenters. The summed E-state index contributed by atoms with van der Waals surface area (Å²) in [7, 11) is 1.60. The van der Waals surface area contributed by atoms with Crippen molar-refractivity contribution in [1.82, 2.24) is 15.0 Å². The van der Waals surface area contributed by atoms with E-state index in [0.29, 0.717) is 5.88 Å². The van der Waals surface area contributed by atoms with Gasteiger partial charge < -0.3 is 18.8 Å². The molecule has 0 bridgehead atoms. The van der Waals surface area contributed by atoms with Crippen LogP contribution in [0.25, 0.3) is 11.3 Å². The Morgan fingerprint density at radius 2 is 1.96 bits per heavy atom. The summed E-state index contributed by atoms with van der Waals surface area (Å²) in [4.78, 5) is 15.4. The molecule has 1 aliphatic rings. The van der Waals surface area contributed by atoms with Crippen molar-refractivity contribution in [2.75, 3.05) is 25.1 Å². The highest BCUT2D eigenvalue weighted by Crippen LogP contribution is 2.29. The van der Waals surface area contributed by atoms with Gasteiger partial charge >= 0.3 is 0 Å². The Kier molecular flexibility index (Phi) is 4.91. The smallest absolute Gasteiger partial charge is 0.213 e. The molecule has 27 heavy (non-hydrogen) atoms. The second-order valence-corrected chi connectivity index (χ2v) is 6.52. The summed E-state index contributed by atoms with van der Waals surface area (Å²) in [5.74, 6) is 2.34. The maximum Gasteiger partial charge on any atom is 0.213 e. The first kappa shape index (κ1) is 17.3. The molecule has 0 aromatic carbocycles. The van der Waals surface area contributed by atoms with Crippen LogP contribution < -0.4 is 14.4 Å². The molecule has 0 spiro atoms. The number of hydrogen-bond acceptors (Lipinski definition) is 7. The first-order valence-corrected chi connectivity index (χ1v) is 9.00. The Bertz CT molecular complexity index is 873. The molecule has 1 fully saturated rings. The van der Waals surface area contributed by atoms with Gasteiger partial charge in [0.25, 0.3) is 0 Å². The zero-order chi connectivity index (χ0) is 18.6. The molecule has 3 aromatic rings. The number of furan rings is 1. The van der Waals surface area contributed by atoms with Crippen LogP contribution in [0.1, 0.15) is 18.4 Å². The Balaban J connectivity index is 1.41. The fourth-order valence-electron chi connectivity index (χ4n) is 3.39. The second kappa shape index (κ2) is 7.65. The lowest BCUT2D eigenvalue weighted by atomic mass is 10.1. The summed E-state index contributed by atoms with van der Waals surface area (Å²) >= 11 is 0. The van der Waals surface area contributed by atoms with Gasteiger partial charge in [-0.1, -0.05) is 0 Å². The molecule has 1 aliphatic heterocycles. The summed E-state index contributed by atoms with van der Waals surface area (Å²) in [6, 6.07) is 5.62. The van der Waals surface area contributed by atoms with E-state index in [1.54, 1.807) is 32.2 Å². The summed E-state index contributed by atoms with van der Waals surface area (Å²) in [6.07, 6.45) is 8.72. The average Bonchev–Trinajstić information content (AvgIpc) is 3.24. The molecular weight excluding hydrogens is 344 g/mol.